The van der Waals surface area contributed by atoms with Gasteiger partial charge in [0, 0.05) is 30.8 Å². The number of piperidine rings is 1. The Balaban J connectivity index is 1.38. The average Bonchev–Trinajstić information content (AvgIpc) is 3.05. The van der Waals surface area contributed by atoms with Crippen molar-refractivity contribution in [2.45, 2.75) is 32.0 Å². The molecule has 10 heteroatoms. The minimum absolute atomic E-state index is 0.101. The quantitative estimate of drug-likeness (QED) is 0.630. The molecule has 2 heterocycles. The summed E-state index contributed by atoms with van der Waals surface area (Å²) in [6, 6.07) is 7.90. The number of hydrogen-bond donors (Lipinski definition) is 3. The smallest absolute Gasteiger partial charge is 0.319 e. The van der Waals surface area contributed by atoms with E-state index in [1.54, 1.807) is 18.2 Å². The zero-order valence-electron chi connectivity index (χ0n) is 16.2. The van der Waals surface area contributed by atoms with Crippen LogP contribution in [-0.4, -0.2) is 34.7 Å². The summed E-state index contributed by atoms with van der Waals surface area (Å²) in [5.74, 6) is -1.66. The lowest BCUT2D eigenvalue weighted by molar-refractivity contribution is -0.136. The number of imide groups is 1. The number of rotatable bonds is 4. The Labute approximate surface area is 181 Å². The average molecular weight is 445 g/mol. The van der Waals surface area contributed by atoms with Crippen LogP contribution in [0.1, 0.15) is 34.3 Å². The van der Waals surface area contributed by atoms with Crippen molar-refractivity contribution in [2.24, 2.45) is 0 Å². The molecule has 1 fully saturated rings. The van der Waals surface area contributed by atoms with Crippen LogP contribution in [0.25, 0.3) is 0 Å². The highest BCUT2D eigenvalue weighted by Gasteiger charge is 2.39. The summed E-state index contributed by atoms with van der Waals surface area (Å²) >= 11 is 5.70. The van der Waals surface area contributed by atoms with Gasteiger partial charge in [-0.2, -0.15) is 0 Å². The molecule has 2 aliphatic rings. The standard InChI is InChI=1S/C21H18ClFN4O4/c22-15-8-13(3-4-16(15)23)25-21(31)24-9-11-1-2-12-10-27(20(30)14(12)7-11)17-5-6-18(28)26-19(17)29/h1-4,7-8,17H,5-6,9-10H2,(H2,24,25,31)(H,26,28,29). The third-order valence-electron chi connectivity index (χ3n) is 5.22. The molecule has 0 radical (unpaired) electrons. The van der Waals surface area contributed by atoms with E-state index in [2.05, 4.69) is 16.0 Å². The summed E-state index contributed by atoms with van der Waals surface area (Å²) < 4.78 is 13.2. The number of nitrogens with one attached hydrogen (secondary N) is 3. The van der Waals surface area contributed by atoms with Crippen LogP contribution in [0.15, 0.2) is 36.4 Å². The predicted molar refractivity (Wildman–Crippen MR) is 110 cm³/mol. The first-order valence-electron chi connectivity index (χ1n) is 9.58. The van der Waals surface area contributed by atoms with Crippen molar-refractivity contribution >= 4 is 41.0 Å². The molecule has 160 valence electrons. The van der Waals surface area contributed by atoms with E-state index in [-0.39, 0.29) is 29.8 Å². The molecule has 2 aromatic carbocycles. The Morgan fingerprint density at radius 2 is 2.00 bits per heavy atom. The molecule has 0 aromatic heterocycles. The Hall–Kier alpha value is -3.46. The van der Waals surface area contributed by atoms with Gasteiger partial charge in [0.05, 0.1) is 5.02 Å². The first-order chi connectivity index (χ1) is 14.8. The van der Waals surface area contributed by atoms with Crippen LogP contribution in [-0.2, 0) is 22.7 Å². The molecule has 1 unspecified atom stereocenters. The van der Waals surface area contributed by atoms with E-state index in [0.29, 0.717) is 29.8 Å². The maximum Gasteiger partial charge on any atom is 0.319 e. The third-order valence-corrected chi connectivity index (χ3v) is 5.51. The van der Waals surface area contributed by atoms with Gasteiger partial charge in [-0.15, -0.1) is 0 Å². The van der Waals surface area contributed by atoms with Gasteiger partial charge in [0.2, 0.25) is 11.8 Å². The van der Waals surface area contributed by atoms with Gasteiger partial charge in [0.25, 0.3) is 5.91 Å². The van der Waals surface area contributed by atoms with E-state index in [0.717, 1.165) is 11.6 Å². The topological polar surface area (TPSA) is 108 Å². The molecule has 8 nitrogen and oxygen atoms in total. The van der Waals surface area contributed by atoms with Gasteiger partial charge in [-0.25, -0.2) is 9.18 Å². The summed E-state index contributed by atoms with van der Waals surface area (Å²) in [6.07, 6.45) is 0.493. The van der Waals surface area contributed by atoms with Crippen molar-refractivity contribution in [1.82, 2.24) is 15.5 Å². The fourth-order valence-corrected chi connectivity index (χ4v) is 3.82. The maximum absolute atomic E-state index is 13.2. The number of amides is 5. The van der Waals surface area contributed by atoms with Crippen molar-refractivity contribution < 1.29 is 23.6 Å². The molecule has 0 aliphatic carbocycles. The molecule has 5 amide bonds. The highest BCUT2D eigenvalue weighted by Crippen LogP contribution is 2.28. The SMILES string of the molecule is O=C1CCC(N2Cc3ccc(CNC(=O)Nc4ccc(F)c(Cl)c4)cc3C2=O)C(=O)N1. The molecule has 0 saturated carbocycles. The second-order valence-electron chi connectivity index (χ2n) is 7.33. The van der Waals surface area contributed by atoms with Crippen LogP contribution in [0.4, 0.5) is 14.9 Å². The molecule has 1 atom stereocenters. The largest absolute Gasteiger partial charge is 0.334 e. The second-order valence-corrected chi connectivity index (χ2v) is 7.74. The second kappa shape index (κ2) is 8.35. The molecule has 0 spiro atoms. The minimum Gasteiger partial charge on any atom is -0.334 e. The van der Waals surface area contributed by atoms with Gasteiger partial charge in [-0.05, 0) is 41.8 Å². The number of carbonyl (C=O) groups excluding carboxylic acids is 4. The Kier molecular flexibility index (Phi) is 5.60. The molecular formula is C21H18ClFN4O4. The summed E-state index contributed by atoms with van der Waals surface area (Å²) in [7, 11) is 0. The highest BCUT2D eigenvalue weighted by molar-refractivity contribution is 6.31. The van der Waals surface area contributed by atoms with E-state index in [9.17, 15) is 23.6 Å². The van der Waals surface area contributed by atoms with E-state index in [4.69, 9.17) is 11.6 Å². The lowest BCUT2D eigenvalue weighted by atomic mass is 10.0. The molecular weight excluding hydrogens is 427 g/mol. The molecule has 1 saturated heterocycles. The van der Waals surface area contributed by atoms with Gasteiger partial charge in [-0.3, -0.25) is 19.7 Å². The maximum atomic E-state index is 13.2. The van der Waals surface area contributed by atoms with Gasteiger partial charge >= 0.3 is 6.03 Å². The minimum atomic E-state index is -0.674. The molecule has 0 bridgehead atoms. The number of nitrogens with zero attached hydrogens (tertiary/aromatic N) is 1. The molecule has 4 rings (SSSR count). The van der Waals surface area contributed by atoms with Gasteiger partial charge in [-0.1, -0.05) is 23.7 Å². The first-order valence-corrected chi connectivity index (χ1v) is 9.96. The van der Waals surface area contributed by atoms with Crippen LogP contribution in [0.5, 0.6) is 0 Å². The summed E-state index contributed by atoms with van der Waals surface area (Å²) in [6.45, 7) is 0.444. The highest BCUT2D eigenvalue weighted by atomic mass is 35.5. The lowest BCUT2D eigenvalue weighted by Crippen LogP contribution is -2.52. The van der Waals surface area contributed by atoms with E-state index < -0.39 is 23.8 Å². The van der Waals surface area contributed by atoms with Gasteiger partial charge < -0.3 is 15.5 Å². The van der Waals surface area contributed by atoms with Crippen LogP contribution < -0.4 is 16.0 Å². The summed E-state index contributed by atoms with van der Waals surface area (Å²) in [5.41, 5.74) is 2.29. The number of benzene rings is 2. The van der Waals surface area contributed by atoms with Crippen LogP contribution in [0.2, 0.25) is 5.02 Å². The van der Waals surface area contributed by atoms with Crippen molar-refractivity contribution in [1.29, 1.82) is 0 Å². The molecule has 31 heavy (non-hydrogen) atoms. The van der Waals surface area contributed by atoms with Crippen LogP contribution in [0, 0.1) is 5.82 Å². The van der Waals surface area contributed by atoms with Gasteiger partial charge in [0.15, 0.2) is 0 Å². The number of carbonyl (C=O) groups is 4. The summed E-state index contributed by atoms with van der Waals surface area (Å²) in [4.78, 5) is 49.9. The number of anilines is 1. The van der Waals surface area contributed by atoms with Crippen LogP contribution >= 0.6 is 11.6 Å². The van der Waals surface area contributed by atoms with E-state index in [1.807, 2.05) is 0 Å². The third kappa shape index (κ3) is 4.36. The lowest BCUT2D eigenvalue weighted by Gasteiger charge is -2.29. The Bertz CT molecular complexity index is 1110. The van der Waals surface area contributed by atoms with E-state index >= 15 is 0 Å². The number of fused-ring (bicyclic) bond motifs is 1. The fraction of sp³-hybridized carbons (Fsp3) is 0.238. The number of hydrogen-bond acceptors (Lipinski definition) is 4. The molecule has 2 aliphatic heterocycles. The monoisotopic (exact) mass is 444 g/mol. The molecule has 3 N–H and O–H groups in total. The van der Waals surface area contributed by atoms with Crippen molar-refractivity contribution in [3.8, 4) is 0 Å². The number of urea groups is 1. The Morgan fingerprint density at radius 3 is 2.74 bits per heavy atom. The van der Waals surface area contributed by atoms with Crippen molar-refractivity contribution in [3.05, 3.63) is 63.9 Å². The Morgan fingerprint density at radius 1 is 1.19 bits per heavy atom. The van der Waals surface area contributed by atoms with Gasteiger partial charge in [0.1, 0.15) is 11.9 Å². The van der Waals surface area contributed by atoms with Crippen molar-refractivity contribution in [3.63, 3.8) is 0 Å². The first kappa shape index (κ1) is 20.8. The molecule has 2 aromatic rings. The normalized spacial score (nSPS) is 17.9. The van der Waals surface area contributed by atoms with E-state index in [1.165, 1.54) is 17.0 Å². The summed E-state index contributed by atoms with van der Waals surface area (Å²) in [5, 5.41) is 7.38. The zero-order valence-corrected chi connectivity index (χ0v) is 17.0. The predicted octanol–water partition coefficient (Wildman–Crippen LogP) is 2.56. The zero-order chi connectivity index (χ0) is 22.1. The van der Waals surface area contributed by atoms with Crippen molar-refractivity contribution in [2.75, 3.05) is 5.32 Å². The fourth-order valence-electron chi connectivity index (χ4n) is 3.64. The number of halogens is 2. The van der Waals surface area contributed by atoms with Crippen LogP contribution in [0.3, 0.4) is 0 Å².